The molecule has 1 aliphatic rings. The molecule has 0 saturated heterocycles. The Hall–Kier alpha value is -2.88. The van der Waals surface area contributed by atoms with Crippen molar-refractivity contribution in [2.24, 2.45) is 5.92 Å². The predicted molar refractivity (Wildman–Crippen MR) is 116 cm³/mol. The molecule has 0 radical (unpaired) electrons. The Kier molecular flexibility index (Phi) is 6.76. The van der Waals surface area contributed by atoms with Crippen LogP contribution in [0.5, 0.6) is 0 Å². The molecule has 0 bridgehead atoms. The number of allylic oxidation sites excluding steroid dienone is 1. The molecule has 1 fully saturated rings. The molecule has 2 atom stereocenters. The van der Waals surface area contributed by atoms with Gasteiger partial charge in [-0.1, -0.05) is 36.4 Å². The molecule has 0 amide bonds. The molecule has 4 heteroatoms. The second-order valence-corrected chi connectivity index (χ2v) is 8.14. The maximum absolute atomic E-state index is 13.3. The second-order valence-electron chi connectivity index (χ2n) is 8.14. The number of carbonyl (C=O) groups excluding carboxylic acids is 3. The zero-order valence-electron chi connectivity index (χ0n) is 17.7. The summed E-state index contributed by atoms with van der Waals surface area (Å²) in [5, 5.41) is 0. The summed E-state index contributed by atoms with van der Waals surface area (Å²) in [5.41, 5.74) is 4.43. The van der Waals surface area contributed by atoms with Crippen LogP contribution in [0.2, 0.25) is 0 Å². The molecule has 3 rings (SSSR count). The van der Waals surface area contributed by atoms with Crippen LogP contribution in [0.3, 0.4) is 0 Å². The van der Waals surface area contributed by atoms with Crippen molar-refractivity contribution < 1.29 is 18.8 Å². The van der Waals surface area contributed by atoms with Gasteiger partial charge in [0, 0.05) is 25.2 Å². The average Bonchev–Trinajstić information content (AvgIpc) is 2.94. The maximum atomic E-state index is 13.3. The Bertz CT molecular complexity index is 996. The fraction of sp³-hybridized carbons (Fsp3) is 0.346. The van der Waals surface area contributed by atoms with Crippen LogP contribution in [-0.2, 0) is 20.8 Å². The molecular formula is C26H27FO3. The standard InChI is InChI=1S/C26H27FO3/c1-4-6-19-11-16(2)24(17(3)12-19)25-23(29)15-20(26(25)30)14-22(28)10-9-18-7-5-8-21(27)13-18/h4-8,11-13,20,25H,9-10,14-15H2,1-3H3/b6-4+. The normalized spacial score (nSPS) is 19.1. The van der Waals surface area contributed by atoms with Crippen LogP contribution >= 0.6 is 0 Å². The molecule has 1 saturated carbocycles. The van der Waals surface area contributed by atoms with Gasteiger partial charge in [0.1, 0.15) is 23.3 Å². The summed E-state index contributed by atoms with van der Waals surface area (Å²) in [6.45, 7) is 5.79. The molecule has 2 unspecified atom stereocenters. The highest BCUT2D eigenvalue weighted by Crippen LogP contribution is 2.37. The van der Waals surface area contributed by atoms with Gasteiger partial charge in [0.2, 0.25) is 0 Å². The van der Waals surface area contributed by atoms with Gasteiger partial charge in [-0.05, 0) is 67.1 Å². The van der Waals surface area contributed by atoms with Gasteiger partial charge in [-0.2, -0.15) is 0 Å². The van der Waals surface area contributed by atoms with Crippen molar-refractivity contribution in [1.29, 1.82) is 0 Å². The Morgan fingerprint density at radius 1 is 1.13 bits per heavy atom. The number of hydrogen-bond donors (Lipinski definition) is 0. The van der Waals surface area contributed by atoms with E-state index in [1.54, 1.807) is 12.1 Å². The van der Waals surface area contributed by atoms with Gasteiger partial charge >= 0.3 is 0 Å². The molecular weight excluding hydrogens is 379 g/mol. The first-order valence-electron chi connectivity index (χ1n) is 10.4. The van der Waals surface area contributed by atoms with Crippen molar-refractivity contribution in [1.82, 2.24) is 0 Å². The van der Waals surface area contributed by atoms with E-state index in [9.17, 15) is 18.8 Å². The van der Waals surface area contributed by atoms with E-state index in [1.165, 1.54) is 12.1 Å². The van der Waals surface area contributed by atoms with Gasteiger partial charge in [-0.15, -0.1) is 0 Å². The fourth-order valence-corrected chi connectivity index (χ4v) is 4.44. The fourth-order valence-electron chi connectivity index (χ4n) is 4.44. The smallest absolute Gasteiger partial charge is 0.151 e. The SMILES string of the molecule is C/C=C/c1cc(C)c(C2C(=O)CC(CC(=O)CCc3cccc(F)c3)C2=O)c(C)c1. The Labute approximate surface area is 177 Å². The Morgan fingerprint density at radius 3 is 2.47 bits per heavy atom. The summed E-state index contributed by atoms with van der Waals surface area (Å²) in [5.74, 6) is -1.98. The van der Waals surface area contributed by atoms with Crippen molar-refractivity contribution in [3.05, 3.63) is 76.1 Å². The lowest BCUT2D eigenvalue weighted by atomic mass is 9.85. The third-order valence-corrected chi connectivity index (χ3v) is 5.78. The quantitative estimate of drug-likeness (QED) is 0.586. The van der Waals surface area contributed by atoms with Crippen LogP contribution in [-0.4, -0.2) is 17.3 Å². The summed E-state index contributed by atoms with van der Waals surface area (Å²) in [7, 11) is 0. The van der Waals surface area contributed by atoms with E-state index < -0.39 is 11.8 Å². The molecule has 30 heavy (non-hydrogen) atoms. The van der Waals surface area contributed by atoms with Gasteiger partial charge in [-0.3, -0.25) is 14.4 Å². The average molecular weight is 406 g/mol. The van der Waals surface area contributed by atoms with E-state index in [-0.39, 0.29) is 42.4 Å². The van der Waals surface area contributed by atoms with Crippen molar-refractivity contribution in [3.63, 3.8) is 0 Å². The predicted octanol–water partition coefficient (Wildman–Crippen LogP) is 5.31. The Morgan fingerprint density at radius 2 is 1.83 bits per heavy atom. The second kappa shape index (κ2) is 9.29. The van der Waals surface area contributed by atoms with E-state index in [0.29, 0.717) is 6.42 Å². The monoisotopic (exact) mass is 406 g/mol. The number of carbonyl (C=O) groups is 3. The highest BCUT2D eigenvalue weighted by molar-refractivity contribution is 6.15. The molecule has 0 N–H and O–H groups in total. The van der Waals surface area contributed by atoms with E-state index in [0.717, 1.165) is 27.8 Å². The Balaban J connectivity index is 1.70. The van der Waals surface area contributed by atoms with Crippen LogP contribution in [0.1, 0.15) is 59.9 Å². The number of hydrogen-bond acceptors (Lipinski definition) is 3. The van der Waals surface area contributed by atoms with E-state index in [2.05, 4.69) is 0 Å². The molecule has 1 aliphatic carbocycles. The molecule has 2 aromatic carbocycles. The third kappa shape index (κ3) is 4.81. The van der Waals surface area contributed by atoms with E-state index >= 15 is 0 Å². The van der Waals surface area contributed by atoms with Crippen LogP contribution in [0.4, 0.5) is 4.39 Å². The number of benzene rings is 2. The van der Waals surface area contributed by atoms with Crippen LogP contribution < -0.4 is 0 Å². The van der Waals surface area contributed by atoms with Gasteiger partial charge < -0.3 is 0 Å². The minimum absolute atomic E-state index is 0.0667. The van der Waals surface area contributed by atoms with Gasteiger partial charge in [-0.25, -0.2) is 4.39 Å². The van der Waals surface area contributed by atoms with Crippen LogP contribution in [0.25, 0.3) is 6.08 Å². The summed E-state index contributed by atoms with van der Waals surface area (Å²) in [6.07, 6.45) is 4.80. The van der Waals surface area contributed by atoms with Crippen molar-refractivity contribution in [3.8, 4) is 0 Å². The maximum Gasteiger partial charge on any atom is 0.151 e. The first-order valence-corrected chi connectivity index (χ1v) is 10.4. The summed E-state index contributed by atoms with van der Waals surface area (Å²) < 4.78 is 13.3. The number of rotatable bonds is 7. The molecule has 0 heterocycles. The topological polar surface area (TPSA) is 51.2 Å². The van der Waals surface area contributed by atoms with E-state index in [4.69, 9.17) is 0 Å². The first kappa shape index (κ1) is 21.8. The molecule has 0 spiro atoms. The summed E-state index contributed by atoms with van der Waals surface area (Å²) in [6, 6.07) is 10.1. The number of Topliss-reactive ketones (excluding diaryl/α,β-unsaturated/α-hetero) is 3. The van der Waals surface area contributed by atoms with Gasteiger partial charge in [0.05, 0.1) is 0 Å². The van der Waals surface area contributed by atoms with Crippen molar-refractivity contribution in [2.75, 3.05) is 0 Å². The number of ketones is 3. The third-order valence-electron chi connectivity index (χ3n) is 5.78. The number of aryl methyl sites for hydroxylation is 3. The molecule has 156 valence electrons. The molecule has 0 aliphatic heterocycles. The first-order chi connectivity index (χ1) is 14.3. The van der Waals surface area contributed by atoms with Crippen molar-refractivity contribution >= 4 is 23.4 Å². The molecule has 3 nitrogen and oxygen atoms in total. The molecule has 2 aromatic rings. The zero-order chi connectivity index (χ0) is 21.8. The lowest BCUT2D eigenvalue weighted by Crippen LogP contribution is -2.19. The lowest BCUT2D eigenvalue weighted by Gasteiger charge is -2.16. The van der Waals surface area contributed by atoms with Gasteiger partial charge in [0.25, 0.3) is 0 Å². The minimum atomic E-state index is -0.773. The summed E-state index contributed by atoms with van der Waals surface area (Å²) in [4.78, 5) is 38.2. The summed E-state index contributed by atoms with van der Waals surface area (Å²) >= 11 is 0. The van der Waals surface area contributed by atoms with Crippen LogP contribution in [0, 0.1) is 25.6 Å². The zero-order valence-corrected chi connectivity index (χ0v) is 17.7. The highest BCUT2D eigenvalue weighted by Gasteiger charge is 2.43. The largest absolute Gasteiger partial charge is 0.300 e. The lowest BCUT2D eigenvalue weighted by molar-refractivity contribution is -0.127. The van der Waals surface area contributed by atoms with Gasteiger partial charge in [0.15, 0.2) is 5.78 Å². The highest BCUT2D eigenvalue weighted by atomic mass is 19.1. The van der Waals surface area contributed by atoms with Crippen LogP contribution in [0.15, 0.2) is 42.5 Å². The number of halogens is 1. The minimum Gasteiger partial charge on any atom is -0.300 e. The molecule has 0 aromatic heterocycles. The van der Waals surface area contributed by atoms with Crippen molar-refractivity contribution in [2.45, 2.75) is 52.4 Å². The van der Waals surface area contributed by atoms with E-state index in [1.807, 2.05) is 45.1 Å².